The molecule has 2 saturated heterocycles. The number of ether oxygens (including phenoxy) is 3. The number of β-amino-alcohol motifs (C(OH)–C–C–N with tert-alkyl or cyclic N) is 1. The highest BCUT2D eigenvalue weighted by molar-refractivity contribution is 5.77. The standard InChI is InChI=1S/C21H30N2O5/c1-26-17-12-19-18(27-9-10-28-19)11-16(17)13-22-6-2-4-21(14-22)5-3-20(25)23(15-21)7-8-24/h11-12,24H,2-10,13-15H2,1H3/t21-/m1/s1. The molecular formula is C21H30N2O5. The van der Waals surface area contributed by atoms with Crippen molar-refractivity contribution in [2.45, 2.75) is 32.2 Å². The van der Waals surface area contributed by atoms with Gasteiger partial charge in [-0.1, -0.05) is 0 Å². The van der Waals surface area contributed by atoms with Crippen molar-refractivity contribution >= 4 is 5.91 Å². The van der Waals surface area contributed by atoms with E-state index >= 15 is 0 Å². The first kappa shape index (κ1) is 19.3. The molecule has 0 aromatic heterocycles. The van der Waals surface area contributed by atoms with Crippen LogP contribution in [0, 0.1) is 5.41 Å². The Balaban J connectivity index is 1.49. The molecule has 154 valence electrons. The number of nitrogens with zero attached hydrogens (tertiary/aromatic N) is 2. The molecule has 1 spiro atoms. The SMILES string of the molecule is COc1cc2c(cc1CN1CCC[C@@]3(CCC(=O)N(CCO)C3)C1)OCCO2. The molecule has 3 aliphatic heterocycles. The summed E-state index contributed by atoms with van der Waals surface area (Å²) < 4.78 is 17.0. The minimum absolute atomic E-state index is 0.0277. The van der Waals surface area contributed by atoms with Gasteiger partial charge in [0.1, 0.15) is 19.0 Å². The van der Waals surface area contributed by atoms with Crippen LogP contribution in [-0.2, 0) is 11.3 Å². The molecule has 0 radical (unpaired) electrons. The van der Waals surface area contributed by atoms with E-state index < -0.39 is 0 Å². The Bertz CT molecular complexity index is 725. The van der Waals surface area contributed by atoms with Gasteiger partial charge >= 0.3 is 0 Å². The van der Waals surface area contributed by atoms with E-state index in [1.54, 1.807) is 7.11 Å². The lowest BCUT2D eigenvalue weighted by atomic mass is 9.73. The minimum atomic E-state index is 0.0277. The molecule has 1 aromatic rings. The molecule has 0 unspecified atom stereocenters. The fraction of sp³-hybridized carbons (Fsp3) is 0.667. The summed E-state index contributed by atoms with van der Waals surface area (Å²) in [5.74, 6) is 2.52. The van der Waals surface area contributed by atoms with E-state index in [1.807, 2.05) is 17.0 Å². The van der Waals surface area contributed by atoms with Crippen molar-refractivity contribution < 1.29 is 24.1 Å². The predicted molar refractivity (Wildman–Crippen MR) is 104 cm³/mol. The third kappa shape index (κ3) is 3.91. The third-order valence-electron chi connectivity index (χ3n) is 6.20. The lowest BCUT2D eigenvalue weighted by Gasteiger charge is -2.48. The normalized spacial score (nSPS) is 25.2. The number of aliphatic hydroxyl groups excluding tert-OH is 1. The summed E-state index contributed by atoms with van der Waals surface area (Å²) in [5.41, 5.74) is 1.23. The number of aliphatic hydroxyl groups is 1. The first-order valence-electron chi connectivity index (χ1n) is 10.2. The van der Waals surface area contributed by atoms with Crippen molar-refractivity contribution in [3.8, 4) is 17.2 Å². The van der Waals surface area contributed by atoms with E-state index in [-0.39, 0.29) is 17.9 Å². The van der Waals surface area contributed by atoms with Gasteiger partial charge in [0.25, 0.3) is 0 Å². The average Bonchev–Trinajstić information content (AvgIpc) is 2.71. The van der Waals surface area contributed by atoms with Crippen molar-refractivity contribution in [1.29, 1.82) is 0 Å². The van der Waals surface area contributed by atoms with Gasteiger partial charge < -0.3 is 24.2 Å². The molecule has 2 fully saturated rings. The maximum Gasteiger partial charge on any atom is 0.222 e. The maximum absolute atomic E-state index is 12.2. The number of carbonyl (C=O) groups is 1. The first-order valence-corrected chi connectivity index (χ1v) is 10.2. The van der Waals surface area contributed by atoms with Crippen LogP contribution in [0.25, 0.3) is 0 Å². The molecule has 3 heterocycles. The quantitative estimate of drug-likeness (QED) is 0.825. The molecular weight excluding hydrogens is 360 g/mol. The van der Waals surface area contributed by atoms with E-state index in [2.05, 4.69) is 4.90 Å². The van der Waals surface area contributed by atoms with Gasteiger partial charge in [-0.15, -0.1) is 0 Å². The highest BCUT2D eigenvalue weighted by Crippen LogP contribution is 2.41. The number of carbonyl (C=O) groups excluding carboxylic acids is 1. The minimum Gasteiger partial charge on any atom is -0.496 e. The summed E-state index contributed by atoms with van der Waals surface area (Å²) >= 11 is 0. The molecule has 7 nitrogen and oxygen atoms in total. The number of fused-ring (bicyclic) bond motifs is 1. The Kier molecular flexibility index (Phi) is 5.64. The average molecular weight is 390 g/mol. The zero-order valence-corrected chi connectivity index (χ0v) is 16.6. The zero-order chi connectivity index (χ0) is 19.6. The molecule has 3 aliphatic rings. The second kappa shape index (κ2) is 8.17. The number of benzene rings is 1. The van der Waals surface area contributed by atoms with Crippen LogP contribution in [0.4, 0.5) is 0 Å². The van der Waals surface area contributed by atoms with Crippen LogP contribution < -0.4 is 14.2 Å². The molecule has 1 N–H and O–H groups in total. The number of piperidine rings is 2. The van der Waals surface area contributed by atoms with Gasteiger partial charge in [-0.25, -0.2) is 0 Å². The molecule has 0 saturated carbocycles. The maximum atomic E-state index is 12.2. The van der Waals surface area contributed by atoms with Crippen LogP contribution in [0.2, 0.25) is 0 Å². The predicted octanol–water partition coefficient (Wildman–Crippen LogP) is 1.66. The van der Waals surface area contributed by atoms with E-state index in [9.17, 15) is 9.90 Å². The van der Waals surface area contributed by atoms with Crippen LogP contribution in [0.3, 0.4) is 0 Å². The van der Waals surface area contributed by atoms with E-state index in [1.165, 1.54) is 0 Å². The van der Waals surface area contributed by atoms with Crippen LogP contribution in [0.5, 0.6) is 17.2 Å². The lowest BCUT2D eigenvalue weighted by Crippen LogP contribution is -2.54. The fourth-order valence-corrected chi connectivity index (χ4v) is 4.87. The third-order valence-corrected chi connectivity index (χ3v) is 6.20. The van der Waals surface area contributed by atoms with Gasteiger partial charge in [0.2, 0.25) is 5.91 Å². The van der Waals surface area contributed by atoms with Crippen molar-refractivity contribution in [2.75, 3.05) is 53.1 Å². The van der Waals surface area contributed by atoms with Gasteiger partial charge in [-0.3, -0.25) is 9.69 Å². The van der Waals surface area contributed by atoms with E-state index in [0.717, 1.165) is 68.3 Å². The second-order valence-electron chi connectivity index (χ2n) is 8.16. The molecule has 4 rings (SSSR count). The van der Waals surface area contributed by atoms with Crippen molar-refractivity contribution in [2.24, 2.45) is 5.41 Å². The van der Waals surface area contributed by atoms with Crippen molar-refractivity contribution in [1.82, 2.24) is 9.80 Å². The monoisotopic (exact) mass is 390 g/mol. The largest absolute Gasteiger partial charge is 0.496 e. The number of methoxy groups -OCH3 is 1. The van der Waals surface area contributed by atoms with Crippen molar-refractivity contribution in [3.05, 3.63) is 17.7 Å². The summed E-state index contributed by atoms with van der Waals surface area (Å²) in [6, 6.07) is 3.96. The summed E-state index contributed by atoms with van der Waals surface area (Å²) in [6.45, 7) is 5.13. The zero-order valence-electron chi connectivity index (χ0n) is 16.6. The number of likely N-dealkylation sites (tertiary alicyclic amines) is 2. The second-order valence-corrected chi connectivity index (χ2v) is 8.16. The van der Waals surface area contributed by atoms with Gasteiger partial charge in [0.05, 0.1) is 13.7 Å². The van der Waals surface area contributed by atoms with Gasteiger partial charge in [0, 0.05) is 49.6 Å². The molecule has 7 heteroatoms. The fourth-order valence-electron chi connectivity index (χ4n) is 4.87. The number of hydrogen-bond acceptors (Lipinski definition) is 6. The highest BCUT2D eigenvalue weighted by atomic mass is 16.6. The molecule has 1 atom stereocenters. The summed E-state index contributed by atoms with van der Waals surface area (Å²) in [7, 11) is 1.69. The molecule has 1 amide bonds. The molecule has 0 aliphatic carbocycles. The van der Waals surface area contributed by atoms with Crippen molar-refractivity contribution in [3.63, 3.8) is 0 Å². The Labute approximate surface area is 166 Å². The molecule has 28 heavy (non-hydrogen) atoms. The number of hydrogen-bond donors (Lipinski definition) is 1. The Morgan fingerprint density at radius 2 is 1.96 bits per heavy atom. The summed E-state index contributed by atoms with van der Waals surface area (Å²) in [6.07, 6.45) is 3.77. The summed E-state index contributed by atoms with van der Waals surface area (Å²) in [5, 5.41) is 9.28. The smallest absolute Gasteiger partial charge is 0.222 e. The number of rotatable bonds is 5. The van der Waals surface area contributed by atoms with Gasteiger partial charge in [0.15, 0.2) is 11.5 Å². The van der Waals surface area contributed by atoms with Gasteiger partial charge in [-0.05, 0) is 31.9 Å². The Morgan fingerprint density at radius 1 is 1.18 bits per heavy atom. The first-order chi connectivity index (χ1) is 13.6. The Morgan fingerprint density at radius 3 is 2.71 bits per heavy atom. The topological polar surface area (TPSA) is 71.5 Å². The van der Waals surface area contributed by atoms with Gasteiger partial charge in [-0.2, -0.15) is 0 Å². The van der Waals surface area contributed by atoms with Crippen LogP contribution >= 0.6 is 0 Å². The van der Waals surface area contributed by atoms with E-state index in [0.29, 0.717) is 26.2 Å². The highest BCUT2D eigenvalue weighted by Gasteiger charge is 2.41. The summed E-state index contributed by atoms with van der Waals surface area (Å²) in [4.78, 5) is 16.5. The van der Waals surface area contributed by atoms with E-state index in [4.69, 9.17) is 14.2 Å². The Hall–Kier alpha value is -1.99. The van der Waals surface area contributed by atoms with Crippen LogP contribution in [0.1, 0.15) is 31.2 Å². The number of amides is 1. The van der Waals surface area contributed by atoms with Crippen LogP contribution in [-0.4, -0.2) is 73.9 Å². The molecule has 1 aromatic carbocycles. The lowest BCUT2D eigenvalue weighted by molar-refractivity contribution is -0.140. The molecule has 0 bridgehead atoms. The van der Waals surface area contributed by atoms with Crippen LogP contribution in [0.15, 0.2) is 12.1 Å².